The highest BCUT2D eigenvalue weighted by atomic mass is 79.9. The summed E-state index contributed by atoms with van der Waals surface area (Å²) in [5.41, 5.74) is 1.70. The predicted octanol–water partition coefficient (Wildman–Crippen LogP) is 3.89. The van der Waals surface area contributed by atoms with Crippen molar-refractivity contribution in [2.45, 2.75) is 25.1 Å². The zero-order valence-corrected chi connectivity index (χ0v) is 13.0. The van der Waals surface area contributed by atoms with Gasteiger partial charge in [0.05, 0.1) is 0 Å². The summed E-state index contributed by atoms with van der Waals surface area (Å²) in [5, 5.41) is 0.676. The Labute approximate surface area is 121 Å². The molecule has 0 saturated carbocycles. The van der Waals surface area contributed by atoms with Crippen LogP contribution in [0.1, 0.15) is 29.3 Å². The number of rotatable bonds is 1. The molecule has 0 N–H and O–H groups in total. The molecule has 1 aromatic rings. The van der Waals surface area contributed by atoms with Crippen LogP contribution in [0.15, 0.2) is 18.2 Å². The molecule has 0 aliphatic carbocycles. The lowest BCUT2D eigenvalue weighted by Crippen LogP contribution is -2.43. The normalized spacial score (nSPS) is 24.1. The molecule has 2 unspecified atom stereocenters. The van der Waals surface area contributed by atoms with E-state index in [0.717, 1.165) is 30.6 Å². The van der Waals surface area contributed by atoms with Crippen molar-refractivity contribution in [3.05, 3.63) is 34.3 Å². The van der Waals surface area contributed by atoms with Crippen LogP contribution in [-0.4, -0.2) is 28.7 Å². The Balaban J connectivity index is 2.16. The number of alkyl halides is 1. The van der Waals surface area contributed by atoms with Crippen molar-refractivity contribution in [1.29, 1.82) is 0 Å². The van der Waals surface area contributed by atoms with Gasteiger partial charge in [0.15, 0.2) is 0 Å². The molecule has 1 aliphatic rings. The zero-order chi connectivity index (χ0) is 13.3. The Bertz CT molecular complexity index is 463. The summed E-state index contributed by atoms with van der Waals surface area (Å²) in [5.74, 6) is 0.737. The van der Waals surface area contributed by atoms with E-state index in [-0.39, 0.29) is 5.91 Å². The minimum atomic E-state index is 0.112. The molecular weight excluding hydrogens is 314 g/mol. The summed E-state index contributed by atoms with van der Waals surface area (Å²) >= 11 is 9.57. The van der Waals surface area contributed by atoms with Gasteiger partial charge in [-0.3, -0.25) is 4.79 Å². The Morgan fingerprint density at radius 1 is 1.50 bits per heavy atom. The smallest absolute Gasteiger partial charge is 0.254 e. The Morgan fingerprint density at radius 3 is 2.83 bits per heavy atom. The maximum absolute atomic E-state index is 12.4. The molecule has 98 valence electrons. The van der Waals surface area contributed by atoms with Crippen molar-refractivity contribution in [2.75, 3.05) is 13.1 Å². The molecule has 18 heavy (non-hydrogen) atoms. The van der Waals surface area contributed by atoms with Crippen LogP contribution in [0, 0.1) is 12.8 Å². The van der Waals surface area contributed by atoms with Crippen LogP contribution in [0.25, 0.3) is 0 Å². The van der Waals surface area contributed by atoms with Crippen LogP contribution >= 0.6 is 27.5 Å². The van der Waals surface area contributed by atoms with Crippen molar-refractivity contribution in [3.63, 3.8) is 0 Å². The van der Waals surface area contributed by atoms with Crippen LogP contribution in [-0.2, 0) is 0 Å². The number of hydrogen-bond donors (Lipinski definition) is 0. The van der Waals surface area contributed by atoms with Gasteiger partial charge < -0.3 is 4.90 Å². The molecule has 1 amide bonds. The molecule has 2 nitrogen and oxygen atoms in total. The number of aryl methyl sites for hydroxylation is 1. The number of halogens is 2. The summed E-state index contributed by atoms with van der Waals surface area (Å²) in [7, 11) is 0. The van der Waals surface area contributed by atoms with Gasteiger partial charge in [-0.1, -0.05) is 34.5 Å². The molecule has 0 bridgehead atoms. The highest BCUT2D eigenvalue weighted by Crippen LogP contribution is 2.25. The van der Waals surface area contributed by atoms with E-state index in [9.17, 15) is 4.79 Å². The van der Waals surface area contributed by atoms with Gasteiger partial charge in [-0.25, -0.2) is 0 Å². The lowest BCUT2D eigenvalue weighted by Gasteiger charge is -2.34. The highest BCUT2D eigenvalue weighted by molar-refractivity contribution is 9.09. The lowest BCUT2D eigenvalue weighted by molar-refractivity contribution is 0.0705. The maximum Gasteiger partial charge on any atom is 0.254 e. The molecule has 4 heteroatoms. The molecular formula is C14H17BrClNO. The first-order chi connectivity index (χ1) is 8.49. The first-order valence-corrected chi connectivity index (χ1v) is 7.48. The summed E-state index contributed by atoms with van der Waals surface area (Å²) in [4.78, 5) is 14.8. The Kier molecular flexibility index (Phi) is 4.33. The molecule has 0 aromatic heterocycles. The standard InChI is InChI=1S/C14H17BrClNO/c1-9-5-6-17(8-13(9)15)14(18)12-4-3-11(16)7-10(12)2/h3-4,7,9,13H,5-6,8H2,1-2H3. The van der Waals surface area contributed by atoms with Crippen LogP contribution in [0.3, 0.4) is 0 Å². The van der Waals surface area contributed by atoms with Crippen LogP contribution in [0.4, 0.5) is 0 Å². The van der Waals surface area contributed by atoms with Crippen LogP contribution < -0.4 is 0 Å². The van der Waals surface area contributed by atoms with Gasteiger partial charge in [0.1, 0.15) is 0 Å². The molecule has 0 spiro atoms. The fourth-order valence-electron chi connectivity index (χ4n) is 2.24. The van der Waals surface area contributed by atoms with E-state index in [4.69, 9.17) is 11.6 Å². The SMILES string of the molecule is Cc1cc(Cl)ccc1C(=O)N1CCC(C)C(Br)C1. The summed E-state index contributed by atoms with van der Waals surface area (Å²) in [6.07, 6.45) is 1.05. The van der Waals surface area contributed by atoms with E-state index in [1.54, 1.807) is 6.07 Å². The van der Waals surface area contributed by atoms with Crippen molar-refractivity contribution < 1.29 is 4.79 Å². The third kappa shape index (κ3) is 2.89. The number of carbonyl (C=O) groups excluding carboxylic acids is 1. The number of benzene rings is 1. The van der Waals surface area contributed by atoms with Gasteiger partial charge in [-0.05, 0) is 43.0 Å². The molecule has 1 saturated heterocycles. The Hall–Kier alpha value is -0.540. The van der Waals surface area contributed by atoms with Gasteiger partial charge in [0.2, 0.25) is 0 Å². The summed E-state index contributed by atoms with van der Waals surface area (Å²) < 4.78 is 0. The molecule has 2 rings (SSSR count). The lowest BCUT2D eigenvalue weighted by atomic mass is 9.98. The van der Waals surface area contributed by atoms with E-state index in [1.807, 2.05) is 24.0 Å². The van der Waals surface area contributed by atoms with Crippen molar-refractivity contribution in [3.8, 4) is 0 Å². The number of piperidine rings is 1. The topological polar surface area (TPSA) is 20.3 Å². The van der Waals surface area contributed by atoms with Gasteiger partial charge in [0.25, 0.3) is 5.91 Å². The average molecular weight is 331 g/mol. The van der Waals surface area contributed by atoms with Gasteiger partial charge in [-0.15, -0.1) is 0 Å². The van der Waals surface area contributed by atoms with Gasteiger partial charge in [0, 0.05) is 28.5 Å². The fraction of sp³-hybridized carbons (Fsp3) is 0.500. The molecule has 2 atom stereocenters. The van der Waals surface area contributed by atoms with E-state index in [0.29, 0.717) is 15.8 Å². The second kappa shape index (κ2) is 5.62. The molecule has 0 radical (unpaired) electrons. The largest absolute Gasteiger partial charge is 0.337 e. The van der Waals surface area contributed by atoms with Gasteiger partial charge >= 0.3 is 0 Å². The second-order valence-corrected chi connectivity index (χ2v) is 6.60. The number of likely N-dealkylation sites (tertiary alicyclic amines) is 1. The van der Waals surface area contributed by atoms with E-state index in [1.165, 1.54) is 0 Å². The minimum Gasteiger partial charge on any atom is -0.337 e. The highest BCUT2D eigenvalue weighted by Gasteiger charge is 2.28. The molecule has 1 aliphatic heterocycles. The van der Waals surface area contributed by atoms with Crippen molar-refractivity contribution in [2.24, 2.45) is 5.92 Å². The average Bonchev–Trinajstić information content (AvgIpc) is 2.32. The monoisotopic (exact) mass is 329 g/mol. The van der Waals surface area contributed by atoms with Crippen molar-refractivity contribution in [1.82, 2.24) is 4.90 Å². The first kappa shape index (κ1) is 13.9. The Morgan fingerprint density at radius 2 is 2.22 bits per heavy atom. The zero-order valence-electron chi connectivity index (χ0n) is 10.6. The van der Waals surface area contributed by atoms with Crippen LogP contribution in [0.2, 0.25) is 5.02 Å². The summed E-state index contributed by atoms with van der Waals surface area (Å²) in [6, 6.07) is 5.44. The number of carbonyl (C=O) groups is 1. The number of amides is 1. The van der Waals surface area contributed by atoms with E-state index in [2.05, 4.69) is 22.9 Å². The van der Waals surface area contributed by atoms with Crippen molar-refractivity contribution >= 4 is 33.4 Å². The van der Waals surface area contributed by atoms with E-state index >= 15 is 0 Å². The quantitative estimate of drug-likeness (QED) is 0.715. The number of nitrogens with zero attached hydrogens (tertiary/aromatic N) is 1. The minimum absolute atomic E-state index is 0.112. The third-order valence-corrected chi connectivity index (χ3v) is 5.00. The first-order valence-electron chi connectivity index (χ1n) is 6.18. The van der Waals surface area contributed by atoms with Gasteiger partial charge in [-0.2, -0.15) is 0 Å². The predicted molar refractivity (Wildman–Crippen MR) is 78.6 cm³/mol. The number of hydrogen-bond acceptors (Lipinski definition) is 1. The second-order valence-electron chi connectivity index (χ2n) is 4.99. The van der Waals surface area contributed by atoms with E-state index < -0.39 is 0 Å². The molecule has 1 fully saturated rings. The maximum atomic E-state index is 12.4. The summed E-state index contributed by atoms with van der Waals surface area (Å²) in [6.45, 7) is 5.76. The molecule has 1 heterocycles. The molecule has 1 aromatic carbocycles. The third-order valence-electron chi connectivity index (χ3n) is 3.57. The van der Waals surface area contributed by atoms with Crippen LogP contribution in [0.5, 0.6) is 0 Å². The fourth-order valence-corrected chi connectivity index (χ4v) is 3.08.